The molecule has 136 valence electrons. The maximum absolute atomic E-state index is 11.9. The lowest BCUT2D eigenvalue weighted by Gasteiger charge is -2.18. The van der Waals surface area contributed by atoms with Crippen molar-refractivity contribution < 1.29 is 19.1 Å². The second-order valence-electron chi connectivity index (χ2n) is 6.15. The smallest absolute Gasteiger partial charge is 0.325 e. The second kappa shape index (κ2) is 8.99. The first kappa shape index (κ1) is 17.9. The van der Waals surface area contributed by atoms with Gasteiger partial charge in [-0.15, -0.1) is 0 Å². The monoisotopic (exact) mass is 354 g/mol. The number of ether oxygens (including phenoxy) is 2. The molecule has 1 amide bonds. The summed E-state index contributed by atoms with van der Waals surface area (Å²) in [5.41, 5.74) is 3.05. The van der Waals surface area contributed by atoms with Gasteiger partial charge in [0, 0.05) is 17.5 Å². The summed E-state index contributed by atoms with van der Waals surface area (Å²) in [6, 6.07) is 11.2. The van der Waals surface area contributed by atoms with Crippen molar-refractivity contribution in [1.82, 2.24) is 10.3 Å². The molecule has 0 bridgehead atoms. The van der Waals surface area contributed by atoms with Gasteiger partial charge < -0.3 is 14.8 Å². The number of esters is 1. The number of fused-ring (bicyclic) bond motifs is 1. The Balaban J connectivity index is 1.40. The molecule has 0 saturated carbocycles. The Bertz CT molecular complexity index is 762. The maximum atomic E-state index is 11.9. The first-order valence-electron chi connectivity index (χ1n) is 8.78. The third-order valence-corrected chi connectivity index (χ3v) is 4.22. The number of pyridine rings is 1. The summed E-state index contributed by atoms with van der Waals surface area (Å²) < 4.78 is 10.7. The highest BCUT2D eigenvalue weighted by atomic mass is 16.5. The lowest BCUT2D eigenvalue weighted by atomic mass is 9.95. The number of carbonyl (C=O) groups excluding carboxylic acids is 2. The molecule has 26 heavy (non-hydrogen) atoms. The highest BCUT2D eigenvalue weighted by Gasteiger charge is 2.16. The first-order valence-corrected chi connectivity index (χ1v) is 8.78. The van der Waals surface area contributed by atoms with Gasteiger partial charge in [0.15, 0.2) is 6.61 Å². The minimum absolute atomic E-state index is 0.136. The van der Waals surface area contributed by atoms with Crippen LogP contribution >= 0.6 is 0 Å². The van der Waals surface area contributed by atoms with E-state index >= 15 is 0 Å². The van der Waals surface area contributed by atoms with Gasteiger partial charge in [0.05, 0.1) is 0 Å². The van der Waals surface area contributed by atoms with Gasteiger partial charge in [0.2, 0.25) is 0 Å². The molecule has 0 spiro atoms. The normalized spacial score (nSPS) is 12.8. The molecular weight excluding hydrogens is 332 g/mol. The van der Waals surface area contributed by atoms with E-state index in [4.69, 9.17) is 9.47 Å². The predicted molar refractivity (Wildman–Crippen MR) is 95.6 cm³/mol. The minimum Gasteiger partial charge on any atom is -0.483 e. The Kier molecular flexibility index (Phi) is 6.19. The van der Waals surface area contributed by atoms with Crippen molar-refractivity contribution >= 4 is 11.9 Å². The van der Waals surface area contributed by atoms with Crippen molar-refractivity contribution in [2.24, 2.45) is 0 Å². The zero-order valence-electron chi connectivity index (χ0n) is 14.6. The number of rotatable bonds is 7. The van der Waals surface area contributed by atoms with Gasteiger partial charge in [-0.1, -0.05) is 30.3 Å². The topological polar surface area (TPSA) is 77.5 Å². The lowest BCUT2D eigenvalue weighted by Crippen LogP contribution is -2.34. The van der Waals surface area contributed by atoms with Crippen molar-refractivity contribution in [3.63, 3.8) is 0 Å². The van der Waals surface area contributed by atoms with E-state index in [1.807, 2.05) is 30.3 Å². The summed E-state index contributed by atoms with van der Waals surface area (Å²) in [5, 5.41) is 2.51. The van der Waals surface area contributed by atoms with Crippen molar-refractivity contribution in [3.8, 4) is 5.75 Å². The standard InChI is InChI=1S/C20H22N2O4/c23-19(22-12-20(24)26-13-15-6-2-1-3-7-15)14-25-18-10-11-21-17-9-5-4-8-16(17)18/h1-3,6-7,10-11H,4-5,8-9,12-14H2,(H,22,23). The molecule has 0 aliphatic heterocycles. The molecule has 3 rings (SSSR count). The van der Waals surface area contributed by atoms with Gasteiger partial charge in [-0.25, -0.2) is 0 Å². The summed E-state index contributed by atoms with van der Waals surface area (Å²) in [6.07, 6.45) is 5.82. The van der Waals surface area contributed by atoms with Crippen molar-refractivity contribution in [2.75, 3.05) is 13.2 Å². The summed E-state index contributed by atoms with van der Waals surface area (Å²) in [4.78, 5) is 28.0. The van der Waals surface area contributed by atoms with Crippen LogP contribution in [0.1, 0.15) is 29.7 Å². The van der Waals surface area contributed by atoms with E-state index in [-0.39, 0.29) is 25.7 Å². The predicted octanol–water partition coefficient (Wildman–Crippen LogP) is 2.20. The Morgan fingerprint density at radius 3 is 2.73 bits per heavy atom. The van der Waals surface area contributed by atoms with E-state index in [1.165, 1.54) is 0 Å². The van der Waals surface area contributed by atoms with Gasteiger partial charge in [-0.05, 0) is 37.3 Å². The molecule has 6 heteroatoms. The van der Waals surface area contributed by atoms with Crippen LogP contribution in [0, 0.1) is 0 Å². The number of carbonyl (C=O) groups is 2. The van der Waals surface area contributed by atoms with Crippen LogP contribution in [-0.4, -0.2) is 30.0 Å². The van der Waals surface area contributed by atoms with Crippen LogP contribution in [0.4, 0.5) is 0 Å². The van der Waals surface area contributed by atoms with E-state index < -0.39 is 5.97 Å². The Morgan fingerprint density at radius 2 is 1.88 bits per heavy atom. The SMILES string of the molecule is O=C(COc1ccnc2c1CCCC2)NCC(=O)OCc1ccccc1. The molecule has 2 aromatic rings. The quantitative estimate of drug-likeness (QED) is 0.772. The molecule has 0 fully saturated rings. The number of benzene rings is 1. The van der Waals surface area contributed by atoms with Crippen LogP contribution < -0.4 is 10.1 Å². The summed E-state index contributed by atoms with van der Waals surface area (Å²) in [7, 11) is 0. The van der Waals surface area contributed by atoms with Gasteiger partial charge in [-0.3, -0.25) is 14.6 Å². The highest BCUT2D eigenvalue weighted by Crippen LogP contribution is 2.27. The van der Waals surface area contributed by atoms with Crippen LogP contribution in [0.15, 0.2) is 42.6 Å². The number of hydrogen-bond donors (Lipinski definition) is 1. The van der Waals surface area contributed by atoms with E-state index in [0.29, 0.717) is 5.75 Å². The average Bonchev–Trinajstić information content (AvgIpc) is 2.70. The lowest BCUT2D eigenvalue weighted by molar-refractivity contribution is -0.145. The fourth-order valence-corrected chi connectivity index (χ4v) is 2.88. The molecule has 0 atom stereocenters. The van der Waals surface area contributed by atoms with E-state index in [0.717, 1.165) is 42.5 Å². The van der Waals surface area contributed by atoms with Gasteiger partial charge in [0.25, 0.3) is 5.91 Å². The Morgan fingerprint density at radius 1 is 1.08 bits per heavy atom. The van der Waals surface area contributed by atoms with Crippen LogP contribution in [-0.2, 0) is 33.8 Å². The zero-order valence-corrected chi connectivity index (χ0v) is 14.6. The molecule has 0 unspecified atom stereocenters. The molecule has 0 radical (unpaired) electrons. The number of amides is 1. The Hall–Kier alpha value is -2.89. The van der Waals surface area contributed by atoms with Crippen LogP contribution in [0.2, 0.25) is 0 Å². The van der Waals surface area contributed by atoms with Crippen molar-refractivity contribution in [2.45, 2.75) is 32.3 Å². The number of aryl methyl sites for hydroxylation is 1. The first-order chi connectivity index (χ1) is 12.7. The zero-order chi connectivity index (χ0) is 18.2. The number of nitrogens with zero attached hydrogens (tertiary/aromatic N) is 1. The van der Waals surface area contributed by atoms with E-state index in [9.17, 15) is 9.59 Å². The fraction of sp³-hybridized carbons (Fsp3) is 0.350. The van der Waals surface area contributed by atoms with Gasteiger partial charge in [0.1, 0.15) is 18.9 Å². The van der Waals surface area contributed by atoms with Crippen molar-refractivity contribution in [1.29, 1.82) is 0 Å². The maximum Gasteiger partial charge on any atom is 0.325 e. The summed E-state index contributed by atoms with van der Waals surface area (Å²) in [6.45, 7) is -0.124. The third kappa shape index (κ3) is 5.05. The molecule has 1 aromatic carbocycles. The highest BCUT2D eigenvalue weighted by molar-refractivity contribution is 5.82. The largest absolute Gasteiger partial charge is 0.483 e. The van der Waals surface area contributed by atoms with Gasteiger partial charge in [-0.2, -0.15) is 0 Å². The molecule has 6 nitrogen and oxygen atoms in total. The molecule has 1 aromatic heterocycles. The van der Waals surface area contributed by atoms with Crippen LogP contribution in [0.3, 0.4) is 0 Å². The average molecular weight is 354 g/mol. The molecule has 0 saturated heterocycles. The third-order valence-electron chi connectivity index (χ3n) is 4.22. The van der Waals surface area contributed by atoms with Crippen molar-refractivity contribution in [3.05, 3.63) is 59.4 Å². The second-order valence-corrected chi connectivity index (χ2v) is 6.15. The van der Waals surface area contributed by atoms with E-state index in [2.05, 4.69) is 10.3 Å². The summed E-state index contributed by atoms with van der Waals surface area (Å²) >= 11 is 0. The molecular formula is C20H22N2O4. The van der Waals surface area contributed by atoms with Crippen LogP contribution in [0.25, 0.3) is 0 Å². The fourth-order valence-electron chi connectivity index (χ4n) is 2.88. The molecule has 1 heterocycles. The molecule has 1 aliphatic rings. The van der Waals surface area contributed by atoms with Gasteiger partial charge >= 0.3 is 5.97 Å². The number of aromatic nitrogens is 1. The minimum atomic E-state index is -0.483. The van der Waals surface area contributed by atoms with E-state index in [1.54, 1.807) is 12.3 Å². The Labute approximate surface area is 152 Å². The van der Waals surface area contributed by atoms with Crippen LogP contribution in [0.5, 0.6) is 5.75 Å². The number of nitrogens with one attached hydrogen (secondary N) is 1. The molecule has 1 N–H and O–H groups in total. The molecule has 1 aliphatic carbocycles. The number of hydrogen-bond acceptors (Lipinski definition) is 5. The summed E-state index contributed by atoms with van der Waals surface area (Å²) in [5.74, 6) is -0.136.